The second kappa shape index (κ2) is 3.11. The van der Waals surface area contributed by atoms with E-state index in [1.807, 2.05) is 10.9 Å². The van der Waals surface area contributed by atoms with Crippen molar-refractivity contribution in [1.82, 2.24) is 15.1 Å². The van der Waals surface area contributed by atoms with E-state index in [-0.39, 0.29) is 12.4 Å². The van der Waals surface area contributed by atoms with Gasteiger partial charge in [-0.15, -0.1) is 12.4 Å². The molecule has 0 aromatic carbocycles. The second-order valence-corrected chi connectivity index (χ2v) is 2.57. The fourth-order valence-corrected chi connectivity index (χ4v) is 1.01. The maximum atomic E-state index is 5.49. The van der Waals surface area contributed by atoms with Crippen LogP contribution in [0.5, 0.6) is 0 Å². The Bertz CT molecular complexity index is 230. The van der Waals surface area contributed by atoms with Gasteiger partial charge in [-0.3, -0.25) is 4.68 Å². The van der Waals surface area contributed by atoms with E-state index in [4.69, 9.17) is 5.73 Å². The molecule has 2 rings (SSSR count). The van der Waals surface area contributed by atoms with E-state index >= 15 is 0 Å². The number of nitrogens with zero attached hydrogens (tertiary/aromatic N) is 2. The molecule has 3 N–H and O–H groups in total. The lowest BCUT2D eigenvalue weighted by atomic mass is 10.2. The van der Waals surface area contributed by atoms with Crippen LogP contribution in [0, 0.1) is 0 Å². The quantitative estimate of drug-likeness (QED) is 0.632. The first-order valence-corrected chi connectivity index (χ1v) is 3.36. The van der Waals surface area contributed by atoms with E-state index in [1.54, 1.807) is 6.20 Å². The maximum Gasteiger partial charge on any atom is 0.0768 e. The predicted octanol–water partition coefficient (Wildman–Crippen LogP) is 0.0314. The van der Waals surface area contributed by atoms with E-state index in [1.165, 1.54) is 0 Å². The van der Waals surface area contributed by atoms with Crippen LogP contribution >= 0.6 is 12.4 Å². The van der Waals surface area contributed by atoms with Crippen molar-refractivity contribution in [2.24, 2.45) is 0 Å². The lowest BCUT2D eigenvalue weighted by Crippen LogP contribution is -2.43. The number of nitrogens with one attached hydrogen (secondary N) is 1. The first-order chi connectivity index (χ1) is 4.86. The zero-order chi connectivity index (χ0) is 6.97. The summed E-state index contributed by atoms with van der Waals surface area (Å²) >= 11 is 0. The molecule has 1 aromatic rings. The molecular formula is C6H11ClN4. The molecule has 1 aliphatic heterocycles. The Labute approximate surface area is 71.2 Å². The molecular weight excluding hydrogens is 164 g/mol. The summed E-state index contributed by atoms with van der Waals surface area (Å²) in [5.74, 6) is 0. The van der Waals surface area contributed by atoms with Gasteiger partial charge in [0.1, 0.15) is 0 Å². The zero-order valence-electron chi connectivity index (χ0n) is 6.03. The number of nitrogen functional groups attached to an aromatic ring is 1. The molecule has 0 bridgehead atoms. The smallest absolute Gasteiger partial charge is 0.0768 e. The van der Waals surface area contributed by atoms with Crippen molar-refractivity contribution < 1.29 is 0 Å². The molecule has 0 radical (unpaired) electrons. The minimum Gasteiger partial charge on any atom is -0.396 e. The molecule has 4 nitrogen and oxygen atoms in total. The molecule has 1 fully saturated rings. The summed E-state index contributed by atoms with van der Waals surface area (Å²) < 4.78 is 1.91. The zero-order valence-corrected chi connectivity index (χ0v) is 6.84. The van der Waals surface area contributed by atoms with Crippen LogP contribution in [0.1, 0.15) is 6.04 Å². The number of anilines is 1. The average molecular weight is 175 g/mol. The van der Waals surface area contributed by atoms with Gasteiger partial charge in [0.05, 0.1) is 17.9 Å². The van der Waals surface area contributed by atoms with Crippen molar-refractivity contribution in [2.75, 3.05) is 18.8 Å². The molecule has 11 heavy (non-hydrogen) atoms. The normalized spacial score (nSPS) is 17.1. The van der Waals surface area contributed by atoms with Gasteiger partial charge in [-0.05, 0) is 0 Å². The van der Waals surface area contributed by atoms with E-state index < -0.39 is 0 Å². The molecule has 0 amide bonds. The lowest BCUT2D eigenvalue weighted by molar-refractivity contribution is 0.318. The van der Waals surface area contributed by atoms with Crippen LogP contribution in [0.4, 0.5) is 5.69 Å². The van der Waals surface area contributed by atoms with Crippen molar-refractivity contribution >= 4 is 18.1 Å². The molecule has 1 saturated heterocycles. The molecule has 1 aromatic heterocycles. The van der Waals surface area contributed by atoms with Gasteiger partial charge in [0.15, 0.2) is 0 Å². The number of halogens is 1. The number of rotatable bonds is 1. The monoisotopic (exact) mass is 174 g/mol. The Kier molecular flexibility index (Phi) is 2.36. The summed E-state index contributed by atoms with van der Waals surface area (Å²) in [6, 6.07) is 0.525. The van der Waals surface area contributed by atoms with Crippen molar-refractivity contribution in [3.05, 3.63) is 12.4 Å². The number of hydrogen-bond donors (Lipinski definition) is 2. The van der Waals surface area contributed by atoms with E-state index in [0.29, 0.717) is 6.04 Å². The third-order valence-corrected chi connectivity index (χ3v) is 1.76. The molecule has 0 unspecified atom stereocenters. The summed E-state index contributed by atoms with van der Waals surface area (Å²) in [6.45, 7) is 2.03. The maximum absolute atomic E-state index is 5.49. The predicted molar refractivity (Wildman–Crippen MR) is 45.8 cm³/mol. The Balaban J connectivity index is 0.000000605. The standard InChI is InChI=1S/C6H10N4.ClH/c7-5-1-9-10(4-5)6-2-8-3-6;/h1,4,6,8H,2-3,7H2;1H. The number of aromatic nitrogens is 2. The highest BCUT2D eigenvalue weighted by Gasteiger charge is 2.18. The molecule has 0 aliphatic carbocycles. The van der Waals surface area contributed by atoms with Crippen LogP contribution in [-0.2, 0) is 0 Å². The van der Waals surface area contributed by atoms with Gasteiger partial charge >= 0.3 is 0 Å². The second-order valence-electron chi connectivity index (χ2n) is 2.57. The molecule has 0 saturated carbocycles. The first-order valence-electron chi connectivity index (χ1n) is 3.36. The van der Waals surface area contributed by atoms with Gasteiger partial charge in [-0.25, -0.2) is 0 Å². The fraction of sp³-hybridized carbons (Fsp3) is 0.500. The average Bonchev–Trinajstić information content (AvgIpc) is 2.10. The number of nitrogens with two attached hydrogens (primary N) is 1. The van der Waals surface area contributed by atoms with Gasteiger partial charge in [-0.1, -0.05) is 0 Å². The van der Waals surface area contributed by atoms with Crippen molar-refractivity contribution in [1.29, 1.82) is 0 Å². The topological polar surface area (TPSA) is 55.9 Å². The van der Waals surface area contributed by atoms with Crippen LogP contribution in [0.3, 0.4) is 0 Å². The Hall–Kier alpha value is -0.740. The van der Waals surface area contributed by atoms with Crippen molar-refractivity contribution in [3.8, 4) is 0 Å². The third kappa shape index (κ3) is 1.46. The van der Waals surface area contributed by atoms with E-state index in [2.05, 4.69) is 10.4 Å². The van der Waals surface area contributed by atoms with Crippen LogP contribution in [-0.4, -0.2) is 22.9 Å². The highest BCUT2D eigenvalue weighted by atomic mass is 35.5. The largest absolute Gasteiger partial charge is 0.396 e. The van der Waals surface area contributed by atoms with Gasteiger partial charge < -0.3 is 11.1 Å². The van der Waals surface area contributed by atoms with Gasteiger partial charge in [0.25, 0.3) is 0 Å². The van der Waals surface area contributed by atoms with Gasteiger partial charge in [0.2, 0.25) is 0 Å². The molecule has 0 spiro atoms. The van der Waals surface area contributed by atoms with E-state index in [0.717, 1.165) is 18.8 Å². The summed E-state index contributed by atoms with van der Waals surface area (Å²) in [7, 11) is 0. The summed E-state index contributed by atoms with van der Waals surface area (Å²) in [5.41, 5.74) is 6.23. The van der Waals surface area contributed by atoms with Gasteiger partial charge in [-0.2, -0.15) is 5.10 Å². The van der Waals surface area contributed by atoms with Crippen molar-refractivity contribution in [2.45, 2.75) is 6.04 Å². The van der Waals surface area contributed by atoms with E-state index in [9.17, 15) is 0 Å². The molecule has 1 aliphatic rings. The van der Waals surface area contributed by atoms with Crippen LogP contribution in [0.25, 0.3) is 0 Å². The molecule has 0 atom stereocenters. The minimum atomic E-state index is 0. The highest BCUT2D eigenvalue weighted by molar-refractivity contribution is 5.85. The van der Waals surface area contributed by atoms with Gasteiger partial charge in [0, 0.05) is 19.3 Å². The summed E-state index contributed by atoms with van der Waals surface area (Å²) in [5, 5.41) is 7.26. The lowest BCUT2D eigenvalue weighted by Gasteiger charge is -2.26. The molecule has 2 heterocycles. The summed E-state index contributed by atoms with van der Waals surface area (Å²) in [4.78, 5) is 0. The van der Waals surface area contributed by atoms with Crippen molar-refractivity contribution in [3.63, 3.8) is 0 Å². The Morgan fingerprint density at radius 1 is 1.64 bits per heavy atom. The SMILES string of the molecule is Cl.Nc1cnn(C2CNC2)c1. The molecule has 5 heteroatoms. The highest BCUT2D eigenvalue weighted by Crippen LogP contribution is 2.11. The molecule has 62 valence electrons. The number of hydrogen-bond acceptors (Lipinski definition) is 3. The Morgan fingerprint density at radius 2 is 2.36 bits per heavy atom. The minimum absolute atomic E-state index is 0. The summed E-state index contributed by atoms with van der Waals surface area (Å²) in [6.07, 6.45) is 3.55. The van der Waals surface area contributed by atoms with Crippen LogP contribution < -0.4 is 11.1 Å². The fourth-order valence-electron chi connectivity index (χ4n) is 1.01. The first kappa shape index (κ1) is 8.36. The van der Waals surface area contributed by atoms with Crippen LogP contribution in [0.15, 0.2) is 12.4 Å². The van der Waals surface area contributed by atoms with Crippen LogP contribution in [0.2, 0.25) is 0 Å². The Morgan fingerprint density at radius 3 is 2.73 bits per heavy atom. The third-order valence-electron chi connectivity index (χ3n) is 1.76.